The number of imidazole rings is 1. The molecule has 0 amide bonds. The molecule has 7 nitrogen and oxygen atoms in total. The molecule has 0 spiro atoms. The number of halogens is 2. The van der Waals surface area contributed by atoms with Gasteiger partial charge in [-0.1, -0.05) is 6.92 Å². The number of hydrogen-bond acceptors (Lipinski definition) is 6. The van der Waals surface area contributed by atoms with E-state index in [0.29, 0.717) is 32.1 Å². The monoisotopic (exact) mass is 428 g/mol. The zero-order valence-electron chi connectivity index (χ0n) is 16.5. The number of H-pyrrole nitrogens is 1. The number of anilines is 1. The van der Waals surface area contributed by atoms with Crippen molar-refractivity contribution in [3.8, 4) is 0 Å². The van der Waals surface area contributed by atoms with Crippen LogP contribution in [0.5, 0.6) is 0 Å². The summed E-state index contributed by atoms with van der Waals surface area (Å²) in [4.78, 5) is 8.69. The molecule has 0 saturated carbocycles. The van der Waals surface area contributed by atoms with Crippen molar-refractivity contribution in [2.75, 3.05) is 50.6 Å². The summed E-state index contributed by atoms with van der Waals surface area (Å²) in [6, 6.07) is 1.22. The van der Waals surface area contributed by atoms with E-state index < -0.39 is 22.4 Å². The molecule has 29 heavy (non-hydrogen) atoms. The van der Waals surface area contributed by atoms with Gasteiger partial charge in [0, 0.05) is 38.1 Å². The van der Waals surface area contributed by atoms with Gasteiger partial charge in [-0.3, -0.25) is 4.21 Å². The fourth-order valence-corrected chi connectivity index (χ4v) is 5.46. The van der Waals surface area contributed by atoms with Crippen LogP contribution in [-0.2, 0) is 20.3 Å². The van der Waals surface area contributed by atoms with E-state index in [1.165, 1.54) is 6.07 Å². The number of hydrogen-bond donors (Lipinski definition) is 2. The summed E-state index contributed by atoms with van der Waals surface area (Å²) in [6.07, 6.45) is 1.01. The van der Waals surface area contributed by atoms with Crippen LogP contribution in [0.4, 0.5) is 14.5 Å². The first-order chi connectivity index (χ1) is 14.0. The quantitative estimate of drug-likeness (QED) is 0.756. The summed E-state index contributed by atoms with van der Waals surface area (Å²) >= 11 is 0. The van der Waals surface area contributed by atoms with E-state index in [1.807, 2.05) is 0 Å². The van der Waals surface area contributed by atoms with Crippen molar-refractivity contribution in [1.29, 1.82) is 0 Å². The van der Waals surface area contributed by atoms with Crippen LogP contribution in [-0.4, -0.2) is 72.0 Å². The van der Waals surface area contributed by atoms with Gasteiger partial charge in [-0.2, -0.15) is 0 Å². The topological polar surface area (TPSA) is 79.5 Å². The molecule has 0 radical (unpaired) electrons. The number of rotatable bonds is 5. The molecule has 1 aromatic heterocycles. The number of methoxy groups -OCH3 is 1. The Bertz CT molecular complexity index is 903. The summed E-state index contributed by atoms with van der Waals surface area (Å²) in [5.41, 5.74) is 0.116. The molecule has 0 bridgehead atoms. The van der Waals surface area contributed by atoms with Crippen molar-refractivity contribution in [3.05, 3.63) is 17.7 Å². The van der Waals surface area contributed by atoms with Crippen LogP contribution >= 0.6 is 0 Å². The number of piperidine rings is 1. The van der Waals surface area contributed by atoms with Gasteiger partial charge in [0.1, 0.15) is 11.2 Å². The van der Waals surface area contributed by atoms with Gasteiger partial charge in [-0.25, -0.2) is 13.8 Å². The number of nitrogens with one attached hydrogen (secondary N) is 2. The second kappa shape index (κ2) is 8.63. The first kappa shape index (κ1) is 20.6. The zero-order chi connectivity index (χ0) is 20.5. The van der Waals surface area contributed by atoms with E-state index in [9.17, 15) is 8.60 Å². The Balaban J connectivity index is 1.58. The first-order valence-corrected chi connectivity index (χ1v) is 11.2. The summed E-state index contributed by atoms with van der Waals surface area (Å²) in [6.45, 7) is 4.50. The molecule has 10 heteroatoms. The van der Waals surface area contributed by atoms with Gasteiger partial charge < -0.3 is 24.7 Å². The third-order valence-electron chi connectivity index (χ3n) is 5.86. The lowest BCUT2D eigenvalue weighted by atomic mass is 9.91. The minimum absolute atomic E-state index is 0.00626. The number of aromatic nitrogens is 2. The summed E-state index contributed by atoms with van der Waals surface area (Å²) < 4.78 is 53.3. The molecular formula is C19H26F2N4O3S. The van der Waals surface area contributed by atoms with Crippen molar-refractivity contribution in [3.63, 3.8) is 0 Å². The lowest BCUT2D eigenvalue weighted by Gasteiger charge is -2.35. The van der Waals surface area contributed by atoms with Gasteiger partial charge in [-0.15, -0.1) is 0 Å². The number of aromatic amines is 1. The molecule has 0 aliphatic carbocycles. The highest BCUT2D eigenvalue weighted by molar-refractivity contribution is 7.84. The average molecular weight is 429 g/mol. The minimum atomic E-state index is -1.48. The van der Waals surface area contributed by atoms with Crippen molar-refractivity contribution in [2.45, 2.75) is 30.6 Å². The Morgan fingerprint density at radius 3 is 2.86 bits per heavy atom. The number of ether oxygens (including phenoxy) is 2. The van der Waals surface area contributed by atoms with Crippen molar-refractivity contribution in [1.82, 2.24) is 15.3 Å². The fourth-order valence-electron chi connectivity index (χ4n) is 4.14. The van der Waals surface area contributed by atoms with Crippen LogP contribution in [0.1, 0.15) is 13.3 Å². The molecule has 2 fully saturated rings. The highest BCUT2D eigenvalue weighted by atomic mass is 32.2. The Morgan fingerprint density at radius 1 is 1.38 bits per heavy atom. The highest BCUT2D eigenvalue weighted by Crippen LogP contribution is 2.31. The molecule has 4 rings (SSSR count). The maximum absolute atomic E-state index is 15.1. The maximum Gasteiger partial charge on any atom is 0.197 e. The minimum Gasteiger partial charge on any atom is -0.381 e. The molecule has 1 aromatic carbocycles. The van der Waals surface area contributed by atoms with Crippen LogP contribution in [0.3, 0.4) is 0 Å². The van der Waals surface area contributed by atoms with Crippen LogP contribution in [0, 0.1) is 17.6 Å². The van der Waals surface area contributed by atoms with Crippen LogP contribution in [0.2, 0.25) is 0 Å². The standard InChI is InChI=1S/C19H26F2N4O3S/c1-11-14(22-4-3-15(11)27-2)10-29(26)19-23-13-9-12(20)18(16(21)17(13)24-19)25-5-7-28-8-6-25/h9,11,14-15,22H,3-8,10H2,1-2H3,(H,23,24). The third-order valence-corrected chi connectivity index (χ3v) is 7.14. The molecule has 2 aliphatic rings. The van der Waals surface area contributed by atoms with E-state index in [-0.39, 0.29) is 39.9 Å². The lowest BCUT2D eigenvalue weighted by Crippen LogP contribution is -2.50. The SMILES string of the molecule is COC1CCNC(CS(=O)c2nc3c(F)c(N4CCOCC4)c(F)cc3[nH]2)C1C. The third kappa shape index (κ3) is 4.03. The van der Waals surface area contributed by atoms with E-state index in [2.05, 4.69) is 22.2 Å². The van der Waals surface area contributed by atoms with Gasteiger partial charge in [0.15, 0.2) is 16.8 Å². The van der Waals surface area contributed by atoms with Crippen molar-refractivity contribution < 1.29 is 22.5 Å². The van der Waals surface area contributed by atoms with E-state index in [1.54, 1.807) is 12.0 Å². The number of benzene rings is 1. The van der Waals surface area contributed by atoms with Gasteiger partial charge in [0.05, 0.1) is 35.6 Å². The molecule has 4 unspecified atom stereocenters. The highest BCUT2D eigenvalue weighted by Gasteiger charge is 2.32. The smallest absolute Gasteiger partial charge is 0.197 e. The zero-order valence-corrected chi connectivity index (χ0v) is 17.4. The van der Waals surface area contributed by atoms with Crippen LogP contribution in [0.25, 0.3) is 11.0 Å². The van der Waals surface area contributed by atoms with Crippen molar-refractivity contribution >= 4 is 27.5 Å². The van der Waals surface area contributed by atoms with E-state index in [4.69, 9.17) is 9.47 Å². The normalized spacial score (nSPS) is 26.8. The Labute approximate surface area is 170 Å². The molecule has 160 valence electrons. The van der Waals surface area contributed by atoms with Crippen LogP contribution < -0.4 is 10.2 Å². The van der Waals surface area contributed by atoms with E-state index >= 15 is 4.39 Å². The van der Waals surface area contributed by atoms with Crippen LogP contribution in [0.15, 0.2) is 11.2 Å². The summed E-state index contributed by atoms with van der Waals surface area (Å²) in [5.74, 6) is -0.890. The number of morpholine rings is 1. The maximum atomic E-state index is 15.1. The lowest BCUT2D eigenvalue weighted by molar-refractivity contribution is 0.0224. The summed E-state index contributed by atoms with van der Waals surface area (Å²) in [5, 5.41) is 3.53. The Kier molecular flexibility index (Phi) is 6.14. The van der Waals surface area contributed by atoms with Crippen molar-refractivity contribution in [2.24, 2.45) is 5.92 Å². The Morgan fingerprint density at radius 2 is 2.14 bits per heavy atom. The predicted octanol–water partition coefficient (Wildman–Crippen LogP) is 1.80. The largest absolute Gasteiger partial charge is 0.381 e. The number of fused-ring (bicyclic) bond motifs is 1. The average Bonchev–Trinajstić information content (AvgIpc) is 3.15. The predicted molar refractivity (Wildman–Crippen MR) is 107 cm³/mol. The molecule has 3 heterocycles. The van der Waals surface area contributed by atoms with Gasteiger partial charge in [-0.05, 0) is 18.9 Å². The molecule has 2 aromatic rings. The molecule has 2 saturated heterocycles. The fraction of sp³-hybridized carbons (Fsp3) is 0.632. The second-order valence-corrected chi connectivity index (χ2v) is 8.96. The molecule has 2 aliphatic heterocycles. The van der Waals surface area contributed by atoms with Gasteiger partial charge >= 0.3 is 0 Å². The number of nitrogens with zero attached hydrogens (tertiary/aromatic N) is 2. The second-order valence-electron chi connectivity index (χ2n) is 7.55. The first-order valence-electron chi connectivity index (χ1n) is 9.84. The summed E-state index contributed by atoms with van der Waals surface area (Å²) in [7, 11) is 0.199. The van der Waals surface area contributed by atoms with Gasteiger partial charge in [0.25, 0.3) is 0 Å². The van der Waals surface area contributed by atoms with E-state index in [0.717, 1.165) is 13.0 Å². The molecule has 2 N–H and O–H groups in total. The van der Waals surface area contributed by atoms with Gasteiger partial charge in [0.2, 0.25) is 0 Å². The molecule has 4 atom stereocenters. The molecular weight excluding hydrogens is 402 g/mol. The Hall–Kier alpha value is -1.62.